The van der Waals surface area contributed by atoms with Gasteiger partial charge in [-0.1, -0.05) is 36.4 Å². The number of aromatic nitrogens is 1. The van der Waals surface area contributed by atoms with Gasteiger partial charge in [0, 0.05) is 12.6 Å². The third-order valence-corrected chi connectivity index (χ3v) is 3.30. The maximum atomic E-state index is 12.1. The van der Waals surface area contributed by atoms with E-state index in [1.165, 1.54) is 10.6 Å². The number of ketones is 1. The van der Waals surface area contributed by atoms with E-state index in [-0.39, 0.29) is 5.78 Å². The first kappa shape index (κ1) is 13.1. The minimum atomic E-state index is -0.436. The largest absolute Gasteiger partial charge is 0.419 e. The molecule has 0 fully saturated rings. The maximum absolute atomic E-state index is 12.1. The van der Waals surface area contributed by atoms with Gasteiger partial charge in [0.15, 0.2) is 11.4 Å². The molecular weight excluding hydrogens is 266 g/mol. The monoisotopic (exact) mass is 279 g/mol. The lowest BCUT2D eigenvalue weighted by Gasteiger charge is -1.97. The van der Waals surface area contributed by atoms with E-state index in [1.54, 1.807) is 31.3 Å². The molecule has 1 heterocycles. The first-order valence-electron chi connectivity index (χ1n) is 6.52. The van der Waals surface area contributed by atoms with Crippen LogP contribution in [0.5, 0.6) is 0 Å². The molecule has 0 aliphatic carbocycles. The van der Waals surface area contributed by atoms with Gasteiger partial charge in [0.1, 0.15) is 0 Å². The van der Waals surface area contributed by atoms with E-state index >= 15 is 0 Å². The van der Waals surface area contributed by atoms with Crippen molar-refractivity contribution in [2.24, 2.45) is 7.05 Å². The Kier molecular flexibility index (Phi) is 3.28. The van der Waals surface area contributed by atoms with E-state index in [4.69, 9.17) is 4.42 Å². The van der Waals surface area contributed by atoms with E-state index in [0.717, 1.165) is 5.56 Å². The molecule has 0 saturated carbocycles. The Morgan fingerprint density at radius 1 is 1.14 bits per heavy atom. The van der Waals surface area contributed by atoms with Gasteiger partial charge in [-0.05, 0) is 29.8 Å². The lowest BCUT2D eigenvalue weighted by Crippen LogP contribution is -2.08. The molecule has 104 valence electrons. The van der Waals surface area contributed by atoms with Gasteiger partial charge in [0.25, 0.3) is 0 Å². The van der Waals surface area contributed by atoms with Crippen LogP contribution in [0.1, 0.15) is 15.9 Å². The Bertz CT molecular complexity index is 885. The number of allylic oxidation sites excluding steroid dienone is 1. The number of rotatable bonds is 3. The number of carbonyl (C=O) groups excluding carboxylic acids is 1. The predicted molar refractivity (Wildman–Crippen MR) is 81.3 cm³/mol. The van der Waals surface area contributed by atoms with E-state index in [2.05, 4.69) is 0 Å². The number of fused-ring (bicyclic) bond motifs is 1. The summed E-state index contributed by atoms with van der Waals surface area (Å²) in [4.78, 5) is 23.6. The van der Waals surface area contributed by atoms with Crippen molar-refractivity contribution in [3.8, 4) is 0 Å². The molecule has 3 rings (SSSR count). The van der Waals surface area contributed by atoms with Crippen LogP contribution < -0.4 is 5.76 Å². The molecule has 21 heavy (non-hydrogen) atoms. The summed E-state index contributed by atoms with van der Waals surface area (Å²) in [5.74, 6) is -0.568. The van der Waals surface area contributed by atoms with Gasteiger partial charge in [-0.2, -0.15) is 0 Å². The first-order chi connectivity index (χ1) is 10.1. The molecule has 2 aromatic carbocycles. The van der Waals surface area contributed by atoms with Crippen molar-refractivity contribution >= 4 is 23.0 Å². The number of oxazole rings is 1. The van der Waals surface area contributed by atoms with Crippen LogP contribution in [-0.2, 0) is 7.05 Å². The van der Waals surface area contributed by atoms with Gasteiger partial charge in [-0.3, -0.25) is 9.36 Å². The van der Waals surface area contributed by atoms with Crippen LogP contribution in [0, 0.1) is 0 Å². The molecule has 3 aromatic rings. The average molecular weight is 279 g/mol. The average Bonchev–Trinajstić information content (AvgIpc) is 2.80. The summed E-state index contributed by atoms with van der Waals surface area (Å²) >= 11 is 0. The van der Waals surface area contributed by atoms with E-state index < -0.39 is 5.76 Å². The molecule has 0 aliphatic heterocycles. The number of nitrogens with zero attached hydrogens (tertiary/aromatic N) is 1. The second-order valence-electron chi connectivity index (χ2n) is 4.72. The van der Waals surface area contributed by atoms with Crippen LogP contribution in [-0.4, -0.2) is 10.4 Å². The van der Waals surface area contributed by atoms with E-state index in [1.807, 2.05) is 30.3 Å². The highest BCUT2D eigenvalue weighted by Gasteiger charge is 2.09. The summed E-state index contributed by atoms with van der Waals surface area (Å²) in [5, 5.41) is 0. The van der Waals surface area contributed by atoms with Gasteiger partial charge in [0.05, 0.1) is 5.52 Å². The standard InChI is InChI=1S/C17H13NO3/c1-18-14-9-8-13(11-16(14)21-17(18)20)15(19)10-7-12-5-3-2-4-6-12/h2-11H,1H3/b10-7+. The van der Waals surface area contributed by atoms with Crippen molar-refractivity contribution in [1.29, 1.82) is 0 Å². The zero-order valence-corrected chi connectivity index (χ0v) is 11.4. The minimum absolute atomic E-state index is 0.132. The van der Waals surface area contributed by atoms with Gasteiger partial charge < -0.3 is 4.42 Å². The normalized spacial score (nSPS) is 11.3. The molecule has 1 aromatic heterocycles. The Morgan fingerprint density at radius 2 is 1.90 bits per heavy atom. The SMILES string of the molecule is Cn1c(=O)oc2cc(C(=O)/C=C/c3ccccc3)ccc21. The van der Waals surface area contributed by atoms with Crippen molar-refractivity contribution in [2.45, 2.75) is 0 Å². The molecule has 0 saturated heterocycles. The number of hydrogen-bond acceptors (Lipinski definition) is 3. The van der Waals surface area contributed by atoms with Gasteiger partial charge in [-0.15, -0.1) is 0 Å². The third-order valence-electron chi connectivity index (χ3n) is 3.30. The Hall–Kier alpha value is -2.88. The third kappa shape index (κ3) is 2.56. The zero-order chi connectivity index (χ0) is 14.8. The fourth-order valence-corrected chi connectivity index (χ4v) is 2.12. The molecule has 0 aliphatic rings. The molecule has 4 nitrogen and oxygen atoms in total. The van der Waals surface area contributed by atoms with Crippen LogP contribution in [0.3, 0.4) is 0 Å². The Labute approximate surface area is 120 Å². The Balaban J connectivity index is 1.91. The highest BCUT2D eigenvalue weighted by Crippen LogP contribution is 2.15. The molecule has 0 amide bonds. The van der Waals surface area contributed by atoms with Crippen molar-refractivity contribution in [1.82, 2.24) is 4.57 Å². The summed E-state index contributed by atoms with van der Waals surface area (Å²) in [5.41, 5.74) is 2.53. The zero-order valence-electron chi connectivity index (χ0n) is 11.4. The van der Waals surface area contributed by atoms with Crippen LogP contribution in [0.4, 0.5) is 0 Å². The summed E-state index contributed by atoms with van der Waals surface area (Å²) < 4.78 is 6.49. The fraction of sp³-hybridized carbons (Fsp3) is 0.0588. The molecule has 0 unspecified atom stereocenters. The quantitative estimate of drug-likeness (QED) is 0.547. The molecule has 0 bridgehead atoms. The van der Waals surface area contributed by atoms with Crippen molar-refractivity contribution in [2.75, 3.05) is 0 Å². The lowest BCUT2D eigenvalue weighted by atomic mass is 10.1. The van der Waals surface area contributed by atoms with Crippen LogP contribution >= 0.6 is 0 Å². The smallest absolute Gasteiger partial charge is 0.408 e. The van der Waals surface area contributed by atoms with Gasteiger partial charge in [0.2, 0.25) is 0 Å². The molecule has 0 N–H and O–H groups in total. The summed E-state index contributed by atoms with van der Waals surface area (Å²) in [6, 6.07) is 14.6. The lowest BCUT2D eigenvalue weighted by molar-refractivity contribution is 0.104. The van der Waals surface area contributed by atoms with Gasteiger partial charge in [-0.25, -0.2) is 4.79 Å². The number of carbonyl (C=O) groups is 1. The highest BCUT2D eigenvalue weighted by molar-refractivity contribution is 6.08. The van der Waals surface area contributed by atoms with Crippen LogP contribution in [0.25, 0.3) is 17.2 Å². The van der Waals surface area contributed by atoms with E-state index in [9.17, 15) is 9.59 Å². The minimum Gasteiger partial charge on any atom is -0.408 e. The molecule has 0 spiro atoms. The van der Waals surface area contributed by atoms with Crippen molar-refractivity contribution in [3.05, 3.63) is 76.3 Å². The first-order valence-corrected chi connectivity index (χ1v) is 6.52. The van der Waals surface area contributed by atoms with Crippen molar-refractivity contribution < 1.29 is 9.21 Å². The topological polar surface area (TPSA) is 52.2 Å². The number of hydrogen-bond donors (Lipinski definition) is 0. The number of benzene rings is 2. The van der Waals surface area contributed by atoms with Crippen LogP contribution in [0.15, 0.2) is 63.8 Å². The molecule has 0 radical (unpaired) electrons. The highest BCUT2D eigenvalue weighted by atomic mass is 16.4. The second-order valence-corrected chi connectivity index (χ2v) is 4.72. The molecular formula is C17H13NO3. The van der Waals surface area contributed by atoms with Gasteiger partial charge >= 0.3 is 5.76 Å². The molecule has 4 heteroatoms. The summed E-state index contributed by atoms with van der Waals surface area (Å²) in [6.07, 6.45) is 3.27. The fourth-order valence-electron chi connectivity index (χ4n) is 2.12. The second kappa shape index (κ2) is 5.25. The summed E-state index contributed by atoms with van der Waals surface area (Å²) in [6.45, 7) is 0. The molecule has 0 atom stereocenters. The maximum Gasteiger partial charge on any atom is 0.419 e. The van der Waals surface area contributed by atoms with Crippen LogP contribution in [0.2, 0.25) is 0 Å². The number of aryl methyl sites for hydroxylation is 1. The Morgan fingerprint density at radius 3 is 2.67 bits per heavy atom. The van der Waals surface area contributed by atoms with Crippen molar-refractivity contribution in [3.63, 3.8) is 0 Å². The predicted octanol–water partition coefficient (Wildman–Crippen LogP) is 3.03. The summed E-state index contributed by atoms with van der Waals surface area (Å²) in [7, 11) is 1.63. The van der Waals surface area contributed by atoms with E-state index in [0.29, 0.717) is 16.7 Å².